The molecule has 1 aliphatic rings. The average Bonchev–Trinajstić information content (AvgIpc) is 1.64. The van der Waals surface area contributed by atoms with Gasteiger partial charge < -0.3 is 10.1 Å². The van der Waals surface area contributed by atoms with Crippen LogP contribution in [0, 0.1) is 6.61 Å². The van der Waals surface area contributed by atoms with Crippen LogP contribution in [0.4, 0.5) is 0 Å². The Labute approximate surface area is 50.2 Å². The molecule has 1 N–H and O–H groups in total. The van der Waals surface area contributed by atoms with Crippen LogP contribution in [0.1, 0.15) is 13.8 Å². The molecule has 0 aromatic rings. The first-order chi connectivity index (χ1) is 3.79. The molecule has 0 saturated carbocycles. The van der Waals surface area contributed by atoms with E-state index in [4.69, 9.17) is 4.74 Å². The topological polar surface area (TPSA) is 21.3 Å². The van der Waals surface area contributed by atoms with E-state index in [1.165, 1.54) is 0 Å². The van der Waals surface area contributed by atoms with E-state index in [0.29, 0.717) is 12.1 Å². The van der Waals surface area contributed by atoms with Crippen molar-refractivity contribution in [2.75, 3.05) is 6.61 Å². The molecule has 0 aliphatic carbocycles. The number of hydrogen-bond donors (Lipinski definition) is 1. The van der Waals surface area contributed by atoms with Gasteiger partial charge in [0.2, 0.25) is 0 Å². The molecule has 2 atom stereocenters. The molecule has 0 bridgehead atoms. The van der Waals surface area contributed by atoms with Crippen molar-refractivity contribution >= 4 is 0 Å². The first-order valence-corrected chi connectivity index (χ1v) is 3.00. The normalized spacial score (nSPS) is 39.8. The van der Waals surface area contributed by atoms with Crippen LogP contribution < -0.4 is 5.32 Å². The van der Waals surface area contributed by atoms with Gasteiger partial charge in [-0.3, -0.25) is 0 Å². The van der Waals surface area contributed by atoms with Gasteiger partial charge in [0.05, 0.1) is 6.61 Å². The summed E-state index contributed by atoms with van der Waals surface area (Å²) in [6.45, 7) is 6.84. The smallest absolute Gasteiger partial charge is 0.100 e. The zero-order chi connectivity index (χ0) is 5.98. The van der Waals surface area contributed by atoms with Gasteiger partial charge in [-0.15, -0.1) is 0 Å². The van der Waals surface area contributed by atoms with Crippen molar-refractivity contribution in [3.05, 3.63) is 6.61 Å². The molecule has 2 heteroatoms. The summed E-state index contributed by atoms with van der Waals surface area (Å²) in [7, 11) is 0. The Morgan fingerprint density at radius 1 is 1.62 bits per heavy atom. The van der Waals surface area contributed by atoms with Crippen LogP contribution in [0.15, 0.2) is 0 Å². The lowest BCUT2D eigenvalue weighted by atomic mass is 10.2. The van der Waals surface area contributed by atoms with Gasteiger partial charge in [0.25, 0.3) is 0 Å². The Bertz CT molecular complexity index is 66.9. The van der Waals surface area contributed by atoms with Crippen molar-refractivity contribution in [1.82, 2.24) is 5.32 Å². The minimum Gasteiger partial charge on any atom is -0.372 e. The molecule has 1 aliphatic heterocycles. The highest BCUT2D eigenvalue weighted by molar-refractivity contribution is 4.78. The minimum absolute atomic E-state index is 0.416. The van der Waals surface area contributed by atoms with Crippen molar-refractivity contribution in [3.63, 3.8) is 0 Å². The van der Waals surface area contributed by atoms with Gasteiger partial charge in [0.15, 0.2) is 0 Å². The highest BCUT2D eigenvalue weighted by atomic mass is 16.5. The lowest BCUT2D eigenvalue weighted by Gasteiger charge is -2.25. The van der Waals surface area contributed by atoms with Crippen LogP contribution in [-0.2, 0) is 4.74 Å². The fourth-order valence-electron chi connectivity index (χ4n) is 0.880. The summed E-state index contributed by atoms with van der Waals surface area (Å²) in [4.78, 5) is 0. The van der Waals surface area contributed by atoms with E-state index in [1.807, 2.05) is 6.61 Å². The molecule has 8 heavy (non-hydrogen) atoms. The molecule has 2 nitrogen and oxygen atoms in total. The van der Waals surface area contributed by atoms with Gasteiger partial charge in [-0.1, -0.05) is 0 Å². The maximum Gasteiger partial charge on any atom is 0.100 e. The zero-order valence-electron chi connectivity index (χ0n) is 5.35. The second-order valence-corrected chi connectivity index (χ2v) is 2.33. The summed E-state index contributed by atoms with van der Waals surface area (Å²) in [6.07, 6.45) is 0. The lowest BCUT2D eigenvalue weighted by Crippen LogP contribution is -2.42. The first kappa shape index (κ1) is 6.05. The molecule has 0 aromatic heterocycles. The molecule has 0 aromatic carbocycles. The number of hydrogen-bond acceptors (Lipinski definition) is 2. The second-order valence-electron chi connectivity index (χ2n) is 2.33. The monoisotopic (exact) mass is 114 g/mol. The first-order valence-electron chi connectivity index (χ1n) is 3.00. The van der Waals surface area contributed by atoms with E-state index in [0.717, 1.165) is 6.61 Å². The van der Waals surface area contributed by atoms with E-state index < -0.39 is 0 Å². The van der Waals surface area contributed by atoms with Gasteiger partial charge >= 0.3 is 0 Å². The average molecular weight is 114 g/mol. The van der Waals surface area contributed by atoms with Crippen LogP contribution in [0.5, 0.6) is 0 Å². The maximum atomic E-state index is 5.11. The Kier molecular flexibility index (Phi) is 1.86. The minimum atomic E-state index is 0.416. The molecule has 47 valence electrons. The van der Waals surface area contributed by atoms with Gasteiger partial charge in [-0.05, 0) is 13.8 Å². The van der Waals surface area contributed by atoms with Crippen LogP contribution in [0.25, 0.3) is 0 Å². The Balaban J connectivity index is 2.23. The van der Waals surface area contributed by atoms with Crippen molar-refractivity contribution in [2.24, 2.45) is 0 Å². The molecule has 1 rings (SSSR count). The van der Waals surface area contributed by atoms with E-state index >= 15 is 0 Å². The molecule has 1 fully saturated rings. The van der Waals surface area contributed by atoms with Gasteiger partial charge in [-0.2, -0.15) is 0 Å². The summed E-state index contributed by atoms with van der Waals surface area (Å²) in [5, 5.41) is 3.30. The summed E-state index contributed by atoms with van der Waals surface area (Å²) in [5.74, 6) is 0. The molecule has 1 radical (unpaired) electrons. The predicted molar refractivity (Wildman–Crippen MR) is 32.3 cm³/mol. The van der Waals surface area contributed by atoms with Gasteiger partial charge in [0, 0.05) is 12.1 Å². The standard InChI is InChI=1S/C6H12NO/c1-5-3-8-4-6(2)7-5/h3,5-7H,4H2,1-2H3. The third-order valence-corrected chi connectivity index (χ3v) is 1.19. The Morgan fingerprint density at radius 3 is 2.75 bits per heavy atom. The lowest BCUT2D eigenvalue weighted by molar-refractivity contribution is 0.111. The number of morpholine rings is 1. The van der Waals surface area contributed by atoms with Crippen LogP contribution in [0.3, 0.4) is 0 Å². The predicted octanol–water partition coefficient (Wildman–Crippen LogP) is 0.545. The van der Waals surface area contributed by atoms with Gasteiger partial charge in [-0.25, -0.2) is 0 Å². The summed E-state index contributed by atoms with van der Waals surface area (Å²) < 4.78 is 5.11. The third-order valence-electron chi connectivity index (χ3n) is 1.19. The largest absolute Gasteiger partial charge is 0.372 e. The van der Waals surface area contributed by atoms with Crippen molar-refractivity contribution in [2.45, 2.75) is 25.9 Å². The van der Waals surface area contributed by atoms with E-state index in [2.05, 4.69) is 19.2 Å². The van der Waals surface area contributed by atoms with E-state index in [1.54, 1.807) is 0 Å². The fraction of sp³-hybridized carbons (Fsp3) is 0.833. The number of ether oxygens (including phenoxy) is 1. The van der Waals surface area contributed by atoms with E-state index in [9.17, 15) is 0 Å². The SMILES string of the molecule is CC1[CH]OCC(C)N1. The molecule has 1 heterocycles. The highest BCUT2D eigenvalue weighted by Crippen LogP contribution is 2.00. The molecule has 1 saturated heterocycles. The molecular formula is C6H12NO. The molecular weight excluding hydrogens is 102 g/mol. The summed E-state index contributed by atoms with van der Waals surface area (Å²) in [6, 6.07) is 0.925. The summed E-state index contributed by atoms with van der Waals surface area (Å²) >= 11 is 0. The summed E-state index contributed by atoms with van der Waals surface area (Å²) in [5.41, 5.74) is 0. The Morgan fingerprint density at radius 2 is 2.38 bits per heavy atom. The van der Waals surface area contributed by atoms with Crippen LogP contribution >= 0.6 is 0 Å². The molecule has 2 unspecified atom stereocenters. The van der Waals surface area contributed by atoms with Crippen molar-refractivity contribution < 1.29 is 4.74 Å². The second kappa shape index (κ2) is 2.46. The third kappa shape index (κ3) is 1.46. The van der Waals surface area contributed by atoms with Gasteiger partial charge in [0.1, 0.15) is 6.61 Å². The number of rotatable bonds is 0. The van der Waals surface area contributed by atoms with Crippen LogP contribution in [-0.4, -0.2) is 18.7 Å². The molecule has 0 spiro atoms. The molecule has 0 amide bonds. The Hall–Kier alpha value is -0.0800. The van der Waals surface area contributed by atoms with E-state index in [-0.39, 0.29) is 0 Å². The maximum absolute atomic E-state index is 5.11. The van der Waals surface area contributed by atoms with Crippen LogP contribution in [0.2, 0.25) is 0 Å². The fourth-order valence-corrected chi connectivity index (χ4v) is 0.880. The number of nitrogens with one attached hydrogen (secondary N) is 1. The zero-order valence-corrected chi connectivity index (χ0v) is 5.35. The quantitative estimate of drug-likeness (QED) is 0.496. The highest BCUT2D eigenvalue weighted by Gasteiger charge is 2.13. The van der Waals surface area contributed by atoms with Crippen molar-refractivity contribution in [1.29, 1.82) is 0 Å². The van der Waals surface area contributed by atoms with Crippen molar-refractivity contribution in [3.8, 4) is 0 Å².